The molecule has 1 aromatic rings. The molecule has 2 saturated heterocycles. The van der Waals surface area contributed by atoms with Crippen LogP contribution >= 0.6 is 0 Å². The van der Waals surface area contributed by atoms with E-state index in [0.717, 1.165) is 25.0 Å². The number of nitrogens with one attached hydrogen (secondary N) is 1. The van der Waals surface area contributed by atoms with Crippen LogP contribution in [0.4, 0.5) is 0 Å². The summed E-state index contributed by atoms with van der Waals surface area (Å²) in [5.74, 6) is 0.739. The summed E-state index contributed by atoms with van der Waals surface area (Å²) >= 11 is 0. The van der Waals surface area contributed by atoms with E-state index < -0.39 is 5.79 Å². The summed E-state index contributed by atoms with van der Waals surface area (Å²) < 4.78 is 18.5. The minimum absolute atomic E-state index is 0.00528. The molecule has 0 amide bonds. The lowest BCUT2D eigenvalue weighted by molar-refractivity contribution is -0.312. The van der Waals surface area contributed by atoms with Crippen molar-refractivity contribution < 1.29 is 14.2 Å². The van der Waals surface area contributed by atoms with Crippen LogP contribution in [0.1, 0.15) is 59.4 Å². The van der Waals surface area contributed by atoms with E-state index in [0.29, 0.717) is 19.8 Å². The Kier molecular flexibility index (Phi) is 5.66. The Balaban J connectivity index is 1.50. The number of aryl methyl sites for hydroxylation is 1. The van der Waals surface area contributed by atoms with Gasteiger partial charge in [-0.25, -0.2) is 0 Å². The Labute approximate surface area is 158 Å². The lowest BCUT2D eigenvalue weighted by Crippen LogP contribution is -2.66. The van der Waals surface area contributed by atoms with Crippen molar-refractivity contribution in [2.24, 2.45) is 5.92 Å². The van der Waals surface area contributed by atoms with Crippen LogP contribution in [-0.4, -0.2) is 36.7 Å². The van der Waals surface area contributed by atoms with Gasteiger partial charge >= 0.3 is 0 Å². The van der Waals surface area contributed by atoms with Crippen LogP contribution in [0.5, 0.6) is 5.75 Å². The molecular formula is C22H35NO3. The first kappa shape index (κ1) is 19.7. The molecule has 2 aliphatic heterocycles. The Morgan fingerprint density at radius 3 is 2.12 bits per heavy atom. The van der Waals surface area contributed by atoms with Crippen molar-refractivity contribution in [1.29, 1.82) is 0 Å². The molecule has 2 aliphatic rings. The predicted octanol–water partition coefficient (Wildman–Crippen LogP) is 4.32. The quantitative estimate of drug-likeness (QED) is 0.848. The summed E-state index contributed by atoms with van der Waals surface area (Å²) in [6, 6.07) is 8.44. The van der Waals surface area contributed by atoms with E-state index in [9.17, 15) is 0 Å². The van der Waals surface area contributed by atoms with Gasteiger partial charge in [0.1, 0.15) is 5.75 Å². The summed E-state index contributed by atoms with van der Waals surface area (Å²) in [5, 5.41) is 3.69. The third-order valence-electron chi connectivity index (χ3n) is 5.21. The van der Waals surface area contributed by atoms with Crippen molar-refractivity contribution >= 4 is 0 Å². The van der Waals surface area contributed by atoms with Crippen LogP contribution in [-0.2, 0) is 15.9 Å². The molecule has 2 fully saturated rings. The fourth-order valence-corrected chi connectivity index (χ4v) is 4.60. The third-order valence-corrected chi connectivity index (χ3v) is 5.21. The average Bonchev–Trinajstić information content (AvgIpc) is 2.53. The van der Waals surface area contributed by atoms with Crippen molar-refractivity contribution in [3.8, 4) is 5.75 Å². The van der Waals surface area contributed by atoms with Gasteiger partial charge in [0.15, 0.2) is 5.79 Å². The molecule has 26 heavy (non-hydrogen) atoms. The van der Waals surface area contributed by atoms with Crippen LogP contribution < -0.4 is 10.1 Å². The van der Waals surface area contributed by atoms with Crippen molar-refractivity contribution in [3.05, 3.63) is 29.8 Å². The largest absolute Gasteiger partial charge is 0.493 e. The predicted molar refractivity (Wildman–Crippen MR) is 105 cm³/mol. The number of rotatable bonds is 5. The summed E-state index contributed by atoms with van der Waals surface area (Å²) in [6.07, 6.45) is 4.03. The zero-order valence-corrected chi connectivity index (χ0v) is 17.1. The molecule has 4 heteroatoms. The van der Waals surface area contributed by atoms with Crippen molar-refractivity contribution in [2.45, 2.75) is 77.2 Å². The normalized spacial score (nSPS) is 24.5. The van der Waals surface area contributed by atoms with Gasteiger partial charge in [0.25, 0.3) is 0 Å². The molecule has 0 unspecified atom stereocenters. The lowest BCUT2D eigenvalue weighted by atomic mass is 9.78. The van der Waals surface area contributed by atoms with E-state index in [1.54, 1.807) is 0 Å². The Bertz CT molecular complexity index is 568. The van der Waals surface area contributed by atoms with Crippen LogP contribution in [0.2, 0.25) is 0 Å². The minimum atomic E-state index is -0.462. The number of piperidine rings is 1. The summed E-state index contributed by atoms with van der Waals surface area (Å²) in [6.45, 7) is 13.1. The monoisotopic (exact) mass is 361 g/mol. The molecule has 0 bridgehead atoms. The first-order chi connectivity index (χ1) is 12.2. The third kappa shape index (κ3) is 4.99. The molecule has 0 aromatic heterocycles. The number of ether oxygens (including phenoxy) is 3. The molecule has 0 atom stereocenters. The highest BCUT2D eigenvalue weighted by molar-refractivity contribution is 5.27. The topological polar surface area (TPSA) is 39.7 Å². The summed E-state index contributed by atoms with van der Waals surface area (Å²) in [4.78, 5) is 0. The molecule has 0 saturated carbocycles. The highest BCUT2D eigenvalue weighted by Crippen LogP contribution is 2.41. The van der Waals surface area contributed by atoms with E-state index in [1.165, 1.54) is 12.0 Å². The number of hydrogen-bond acceptors (Lipinski definition) is 4. The molecule has 1 spiro atoms. The van der Waals surface area contributed by atoms with E-state index in [2.05, 4.69) is 64.2 Å². The fraction of sp³-hybridized carbons (Fsp3) is 0.727. The molecule has 0 radical (unpaired) electrons. The van der Waals surface area contributed by atoms with Gasteiger partial charge in [0.2, 0.25) is 0 Å². The first-order valence-electron chi connectivity index (χ1n) is 10.00. The summed E-state index contributed by atoms with van der Waals surface area (Å²) in [5.41, 5.74) is 1.37. The zero-order valence-electron chi connectivity index (χ0n) is 17.1. The summed E-state index contributed by atoms with van der Waals surface area (Å²) in [7, 11) is 0. The standard InChI is InChI=1S/C22H35NO3/c1-6-7-17-8-10-19(11-9-17)24-12-18-13-25-22(26-14-18)15-20(2,3)23-21(4,5)16-22/h8-11,18,23H,6-7,12-16H2,1-5H3. The highest BCUT2D eigenvalue weighted by Gasteiger charge is 2.50. The Morgan fingerprint density at radius 1 is 1.00 bits per heavy atom. The second-order valence-electron chi connectivity index (χ2n) is 9.35. The van der Waals surface area contributed by atoms with Crippen LogP contribution in [0, 0.1) is 5.92 Å². The van der Waals surface area contributed by atoms with Gasteiger partial charge in [-0.05, 0) is 51.8 Å². The van der Waals surface area contributed by atoms with E-state index in [1.807, 2.05) is 0 Å². The van der Waals surface area contributed by atoms with E-state index in [4.69, 9.17) is 14.2 Å². The minimum Gasteiger partial charge on any atom is -0.493 e. The smallest absolute Gasteiger partial charge is 0.171 e. The molecule has 1 aromatic carbocycles. The van der Waals surface area contributed by atoms with E-state index >= 15 is 0 Å². The average molecular weight is 362 g/mol. The number of benzene rings is 1. The highest BCUT2D eigenvalue weighted by atomic mass is 16.7. The molecule has 3 rings (SSSR count). The molecular weight excluding hydrogens is 326 g/mol. The van der Waals surface area contributed by atoms with Crippen LogP contribution in [0.3, 0.4) is 0 Å². The van der Waals surface area contributed by atoms with Crippen molar-refractivity contribution in [3.63, 3.8) is 0 Å². The lowest BCUT2D eigenvalue weighted by Gasteiger charge is -2.54. The molecule has 4 nitrogen and oxygen atoms in total. The van der Waals surface area contributed by atoms with Gasteiger partial charge in [-0.3, -0.25) is 0 Å². The van der Waals surface area contributed by atoms with Gasteiger partial charge in [0.05, 0.1) is 19.8 Å². The molecule has 146 valence electrons. The Hall–Kier alpha value is -1.10. The maximum absolute atomic E-state index is 6.29. The molecule has 0 aliphatic carbocycles. The van der Waals surface area contributed by atoms with Gasteiger partial charge < -0.3 is 19.5 Å². The van der Waals surface area contributed by atoms with Gasteiger partial charge in [-0.1, -0.05) is 25.5 Å². The Morgan fingerprint density at radius 2 is 1.58 bits per heavy atom. The van der Waals surface area contributed by atoms with Gasteiger partial charge in [-0.15, -0.1) is 0 Å². The fourth-order valence-electron chi connectivity index (χ4n) is 4.60. The van der Waals surface area contributed by atoms with Crippen LogP contribution in [0.25, 0.3) is 0 Å². The second kappa shape index (κ2) is 7.49. The van der Waals surface area contributed by atoms with Crippen LogP contribution in [0.15, 0.2) is 24.3 Å². The molecule has 1 N–H and O–H groups in total. The first-order valence-corrected chi connectivity index (χ1v) is 10.00. The maximum atomic E-state index is 6.29. The van der Waals surface area contributed by atoms with Crippen molar-refractivity contribution in [2.75, 3.05) is 19.8 Å². The molecule has 2 heterocycles. The second-order valence-corrected chi connectivity index (χ2v) is 9.35. The van der Waals surface area contributed by atoms with E-state index in [-0.39, 0.29) is 17.0 Å². The maximum Gasteiger partial charge on any atom is 0.171 e. The number of hydrogen-bond donors (Lipinski definition) is 1. The van der Waals surface area contributed by atoms with Gasteiger partial charge in [-0.2, -0.15) is 0 Å². The SMILES string of the molecule is CCCc1ccc(OCC2COC3(CC(C)(C)NC(C)(C)C3)OC2)cc1. The van der Waals surface area contributed by atoms with Gasteiger partial charge in [0, 0.05) is 29.8 Å². The van der Waals surface area contributed by atoms with Crippen molar-refractivity contribution in [1.82, 2.24) is 5.32 Å². The zero-order chi connectivity index (χ0) is 18.8.